The summed E-state index contributed by atoms with van der Waals surface area (Å²) in [5.41, 5.74) is 0. The summed E-state index contributed by atoms with van der Waals surface area (Å²) in [4.78, 5) is 25.1. The molecule has 0 radical (unpaired) electrons. The molecule has 20 heavy (non-hydrogen) atoms. The second-order valence-corrected chi connectivity index (χ2v) is 6.69. The van der Waals surface area contributed by atoms with Gasteiger partial charge in [0.1, 0.15) is 0 Å². The van der Waals surface area contributed by atoms with Crippen LogP contribution in [0.2, 0.25) is 0 Å². The molecule has 1 heterocycles. The fraction of sp³-hybridized carbons (Fsp3) is 0.867. The minimum atomic E-state index is -0.692. The van der Waals surface area contributed by atoms with Crippen LogP contribution in [0.1, 0.15) is 44.9 Å². The van der Waals surface area contributed by atoms with E-state index in [-0.39, 0.29) is 18.0 Å². The van der Waals surface area contributed by atoms with Crippen LogP contribution in [0.5, 0.6) is 0 Å². The van der Waals surface area contributed by atoms with E-state index in [1.165, 1.54) is 19.3 Å². The maximum absolute atomic E-state index is 12.3. The van der Waals surface area contributed by atoms with Crippen LogP contribution in [-0.2, 0) is 4.79 Å². The third-order valence-corrected chi connectivity index (χ3v) is 5.42. The first-order valence-electron chi connectivity index (χ1n) is 7.91. The Morgan fingerprint density at radius 1 is 0.950 bits per heavy atom. The minimum absolute atomic E-state index is 0.0678. The number of urea groups is 1. The summed E-state index contributed by atoms with van der Waals surface area (Å²) in [6, 6.07) is 0.233. The smallest absolute Gasteiger partial charge is 0.317 e. The zero-order valence-corrected chi connectivity index (χ0v) is 11.9. The largest absolute Gasteiger partial charge is 0.481 e. The number of aliphatic carboxylic acids is 1. The second kappa shape index (κ2) is 5.62. The van der Waals surface area contributed by atoms with Crippen molar-refractivity contribution in [3.8, 4) is 0 Å². The second-order valence-electron chi connectivity index (χ2n) is 6.69. The van der Waals surface area contributed by atoms with Gasteiger partial charge in [0.15, 0.2) is 0 Å². The molecule has 0 spiro atoms. The standard InChI is InChI=1S/C15H24N2O3/c18-14(19)10-4-6-13(7-5-10)16-15(20)17-8-11-2-1-3-12(11)9-17/h10-13H,1-9H2,(H,16,20)(H,18,19). The van der Waals surface area contributed by atoms with Crippen LogP contribution in [0, 0.1) is 17.8 Å². The van der Waals surface area contributed by atoms with E-state index < -0.39 is 5.97 Å². The van der Waals surface area contributed by atoms with Gasteiger partial charge in [-0.1, -0.05) is 6.42 Å². The Balaban J connectivity index is 1.45. The van der Waals surface area contributed by atoms with E-state index in [2.05, 4.69) is 5.32 Å². The van der Waals surface area contributed by atoms with Crippen molar-refractivity contribution in [2.24, 2.45) is 17.8 Å². The Hall–Kier alpha value is -1.26. The Labute approximate surface area is 119 Å². The Kier molecular flexibility index (Phi) is 3.85. The maximum Gasteiger partial charge on any atom is 0.317 e. The number of carbonyl (C=O) groups is 2. The highest BCUT2D eigenvalue weighted by Gasteiger charge is 2.38. The van der Waals surface area contributed by atoms with Crippen LogP contribution in [0.15, 0.2) is 0 Å². The van der Waals surface area contributed by atoms with Gasteiger partial charge < -0.3 is 15.3 Å². The van der Waals surface area contributed by atoms with Gasteiger partial charge in [-0.2, -0.15) is 0 Å². The van der Waals surface area contributed by atoms with Crippen LogP contribution >= 0.6 is 0 Å². The average molecular weight is 280 g/mol. The monoisotopic (exact) mass is 280 g/mol. The number of rotatable bonds is 2. The van der Waals surface area contributed by atoms with Crippen molar-refractivity contribution in [1.82, 2.24) is 10.2 Å². The number of nitrogens with one attached hydrogen (secondary N) is 1. The van der Waals surface area contributed by atoms with Crippen LogP contribution in [-0.4, -0.2) is 41.1 Å². The highest BCUT2D eigenvalue weighted by molar-refractivity contribution is 5.75. The number of fused-ring (bicyclic) bond motifs is 1. The number of carbonyl (C=O) groups excluding carboxylic acids is 1. The van der Waals surface area contributed by atoms with E-state index in [1.807, 2.05) is 4.90 Å². The summed E-state index contributed by atoms with van der Waals surface area (Å²) < 4.78 is 0. The van der Waals surface area contributed by atoms with Crippen molar-refractivity contribution >= 4 is 12.0 Å². The lowest BCUT2D eigenvalue weighted by Crippen LogP contribution is -2.45. The third-order valence-electron chi connectivity index (χ3n) is 5.42. The molecule has 0 aromatic carbocycles. The molecule has 2 N–H and O–H groups in total. The van der Waals surface area contributed by atoms with Gasteiger partial charge in [0, 0.05) is 19.1 Å². The fourth-order valence-electron chi connectivity index (χ4n) is 4.15. The highest BCUT2D eigenvalue weighted by atomic mass is 16.4. The summed E-state index contributed by atoms with van der Waals surface area (Å²) in [6.07, 6.45) is 6.84. The molecule has 3 rings (SSSR count). The molecule has 0 aromatic heterocycles. The highest BCUT2D eigenvalue weighted by Crippen LogP contribution is 2.37. The van der Waals surface area contributed by atoms with Crippen molar-refractivity contribution in [2.75, 3.05) is 13.1 Å². The number of carboxylic acids is 1. The van der Waals surface area contributed by atoms with Crippen molar-refractivity contribution in [3.63, 3.8) is 0 Å². The number of hydrogen-bond donors (Lipinski definition) is 2. The molecule has 1 saturated heterocycles. The van der Waals surface area contributed by atoms with Crippen molar-refractivity contribution in [3.05, 3.63) is 0 Å². The van der Waals surface area contributed by atoms with Gasteiger partial charge in [0.2, 0.25) is 0 Å². The molecule has 5 heteroatoms. The van der Waals surface area contributed by atoms with Crippen LogP contribution in [0.3, 0.4) is 0 Å². The lowest BCUT2D eigenvalue weighted by atomic mass is 9.86. The summed E-state index contributed by atoms with van der Waals surface area (Å²) in [6.45, 7) is 1.84. The van der Waals surface area contributed by atoms with Gasteiger partial charge in [-0.3, -0.25) is 4.79 Å². The van der Waals surface area contributed by atoms with Gasteiger partial charge >= 0.3 is 12.0 Å². The molecular weight excluding hydrogens is 256 g/mol. The van der Waals surface area contributed by atoms with Crippen LogP contribution < -0.4 is 5.32 Å². The summed E-state index contributed by atoms with van der Waals surface area (Å²) >= 11 is 0. The molecule has 0 bridgehead atoms. The van der Waals surface area contributed by atoms with E-state index in [0.29, 0.717) is 12.8 Å². The maximum atomic E-state index is 12.3. The van der Waals surface area contributed by atoms with Crippen molar-refractivity contribution in [1.29, 1.82) is 0 Å². The molecule has 2 saturated carbocycles. The van der Waals surface area contributed by atoms with Gasteiger partial charge in [-0.05, 0) is 50.4 Å². The third kappa shape index (κ3) is 2.76. The van der Waals surface area contributed by atoms with Crippen LogP contribution in [0.4, 0.5) is 4.79 Å². The van der Waals surface area contributed by atoms with E-state index in [0.717, 1.165) is 37.8 Å². The summed E-state index contributed by atoms with van der Waals surface area (Å²) in [5.74, 6) is 0.545. The first-order valence-corrected chi connectivity index (χ1v) is 7.91. The Bertz CT molecular complexity index is 379. The topological polar surface area (TPSA) is 69.6 Å². The molecule has 112 valence electrons. The number of hydrogen-bond acceptors (Lipinski definition) is 2. The SMILES string of the molecule is O=C(O)C1CCC(NC(=O)N2CC3CCCC3C2)CC1. The van der Waals surface area contributed by atoms with E-state index in [1.54, 1.807) is 0 Å². The lowest BCUT2D eigenvalue weighted by molar-refractivity contribution is -0.142. The summed E-state index contributed by atoms with van der Waals surface area (Å²) in [7, 11) is 0. The van der Waals surface area contributed by atoms with Gasteiger partial charge in [0.25, 0.3) is 0 Å². The van der Waals surface area contributed by atoms with Crippen molar-refractivity contribution < 1.29 is 14.7 Å². The first kappa shape index (κ1) is 13.7. The number of amides is 2. The Morgan fingerprint density at radius 3 is 2.10 bits per heavy atom. The predicted molar refractivity (Wildman–Crippen MR) is 74.3 cm³/mol. The van der Waals surface area contributed by atoms with E-state index >= 15 is 0 Å². The zero-order chi connectivity index (χ0) is 14.1. The molecule has 2 aliphatic carbocycles. The van der Waals surface area contributed by atoms with Crippen LogP contribution in [0.25, 0.3) is 0 Å². The van der Waals surface area contributed by atoms with Gasteiger partial charge in [-0.15, -0.1) is 0 Å². The average Bonchev–Trinajstić information content (AvgIpc) is 2.99. The normalized spacial score (nSPS) is 36.7. The molecule has 2 atom stereocenters. The fourth-order valence-corrected chi connectivity index (χ4v) is 4.15. The molecule has 0 aromatic rings. The zero-order valence-electron chi connectivity index (χ0n) is 11.9. The Morgan fingerprint density at radius 2 is 1.55 bits per heavy atom. The van der Waals surface area contributed by atoms with Crippen molar-refractivity contribution in [2.45, 2.75) is 51.0 Å². The number of nitrogens with zero attached hydrogens (tertiary/aromatic N) is 1. The molecule has 1 aliphatic heterocycles. The van der Waals surface area contributed by atoms with E-state index in [4.69, 9.17) is 5.11 Å². The lowest BCUT2D eigenvalue weighted by Gasteiger charge is -2.29. The number of carboxylic acid groups (broad SMARTS) is 1. The molecule has 2 amide bonds. The van der Waals surface area contributed by atoms with Gasteiger partial charge in [-0.25, -0.2) is 4.79 Å². The molecular formula is C15H24N2O3. The molecule has 5 nitrogen and oxygen atoms in total. The van der Waals surface area contributed by atoms with Gasteiger partial charge in [0.05, 0.1) is 5.92 Å². The molecule has 2 unspecified atom stereocenters. The number of likely N-dealkylation sites (tertiary alicyclic amines) is 1. The molecule has 3 aliphatic rings. The quantitative estimate of drug-likeness (QED) is 0.813. The first-order chi connectivity index (χ1) is 9.63. The van der Waals surface area contributed by atoms with E-state index in [9.17, 15) is 9.59 Å². The summed E-state index contributed by atoms with van der Waals surface area (Å²) in [5, 5.41) is 12.1. The molecule has 3 fully saturated rings. The predicted octanol–water partition coefficient (Wildman–Crippen LogP) is 2.07. The minimum Gasteiger partial charge on any atom is -0.481 e.